The Kier molecular flexibility index (Phi) is 3.90. The Hall–Kier alpha value is -0.850. The summed E-state index contributed by atoms with van der Waals surface area (Å²) in [5.74, 6) is 0.317. The molecule has 0 saturated carbocycles. The molecule has 0 fully saturated rings. The maximum Gasteiger partial charge on any atom is 0.123 e. The van der Waals surface area contributed by atoms with Crippen molar-refractivity contribution in [2.45, 2.75) is 46.5 Å². The summed E-state index contributed by atoms with van der Waals surface area (Å²) in [7, 11) is 0. The monoisotopic (exact) mass is 208 g/mol. The van der Waals surface area contributed by atoms with Crippen LogP contribution in [0.5, 0.6) is 0 Å². The van der Waals surface area contributed by atoms with Crippen LogP contribution in [0.15, 0.2) is 24.3 Å². The van der Waals surface area contributed by atoms with Crippen molar-refractivity contribution < 1.29 is 4.39 Å². The van der Waals surface area contributed by atoms with Gasteiger partial charge in [0.15, 0.2) is 0 Å². The van der Waals surface area contributed by atoms with Gasteiger partial charge in [0.2, 0.25) is 0 Å². The molecule has 1 atom stereocenters. The van der Waals surface area contributed by atoms with Gasteiger partial charge in [0.25, 0.3) is 0 Å². The average molecular weight is 208 g/mol. The van der Waals surface area contributed by atoms with E-state index in [1.807, 2.05) is 12.1 Å². The Labute approximate surface area is 92.5 Å². The molecular formula is C14H21F. The van der Waals surface area contributed by atoms with Crippen molar-refractivity contribution in [3.8, 4) is 0 Å². The first-order chi connectivity index (χ1) is 6.97. The van der Waals surface area contributed by atoms with Crippen molar-refractivity contribution in [1.29, 1.82) is 0 Å². The topological polar surface area (TPSA) is 0 Å². The minimum Gasteiger partial charge on any atom is -0.207 e. The fourth-order valence-electron chi connectivity index (χ4n) is 2.06. The molecule has 1 rings (SSSR count). The lowest BCUT2D eigenvalue weighted by Crippen LogP contribution is -2.19. The zero-order valence-corrected chi connectivity index (χ0v) is 10.2. The maximum absolute atomic E-state index is 12.8. The minimum atomic E-state index is -0.153. The molecule has 1 aromatic rings. The van der Waals surface area contributed by atoms with Gasteiger partial charge in [0.05, 0.1) is 0 Å². The second kappa shape index (κ2) is 4.78. The molecule has 0 N–H and O–H groups in total. The van der Waals surface area contributed by atoms with Crippen molar-refractivity contribution in [1.82, 2.24) is 0 Å². The van der Waals surface area contributed by atoms with E-state index in [9.17, 15) is 4.39 Å². The summed E-state index contributed by atoms with van der Waals surface area (Å²) in [6.45, 7) is 9.00. The molecule has 15 heavy (non-hydrogen) atoms. The van der Waals surface area contributed by atoms with E-state index in [0.717, 1.165) is 0 Å². The third kappa shape index (κ3) is 3.05. The molecule has 0 radical (unpaired) electrons. The van der Waals surface area contributed by atoms with Gasteiger partial charge in [0.1, 0.15) is 5.82 Å². The zero-order valence-electron chi connectivity index (χ0n) is 10.2. The largest absolute Gasteiger partial charge is 0.207 e. The number of hydrogen-bond donors (Lipinski definition) is 0. The Morgan fingerprint density at radius 3 is 2.20 bits per heavy atom. The fourth-order valence-corrected chi connectivity index (χ4v) is 2.06. The highest BCUT2D eigenvalue weighted by Gasteiger charge is 2.25. The Balaban J connectivity index is 2.84. The van der Waals surface area contributed by atoms with Crippen LogP contribution in [0.1, 0.15) is 52.0 Å². The summed E-state index contributed by atoms with van der Waals surface area (Å²) in [6, 6.07) is 6.90. The van der Waals surface area contributed by atoms with Crippen molar-refractivity contribution in [2.75, 3.05) is 0 Å². The number of halogens is 1. The predicted octanol–water partition coefficient (Wildman–Crippen LogP) is 4.76. The fraction of sp³-hybridized carbons (Fsp3) is 0.571. The molecule has 0 amide bonds. The van der Waals surface area contributed by atoms with Crippen molar-refractivity contribution >= 4 is 0 Å². The number of hydrogen-bond acceptors (Lipinski definition) is 0. The summed E-state index contributed by atoms with van der Waals surface area (Å²) in [4.78, 5) is 0. The summed E-state index contributed by atoms with van der Waals surface area (Å²) >= 11 is 0. The molecule has 0 spiro atoms. The molecule has 1 aromatic carbocycles. The molecule has 0 nitrogen and oxygen atoms in total. The lowest BCUT2D eigenvalue weighted by atomic mass is 9.73. The highest BCUT2D eigenvalue weighted by atomic mass is 19.1. The lowest BCUT2D eigenvalue weighted by Gasteiger charge is -2.32. The molecule has 0 aliphatic rings. The van der Waals surface area contributed by atoms with Gasteiger partial charge in [0, 0.05) is 0 Å². The highest BCUT2D eigenvalue weighted by molar-refractivity contribution is 5.21. The minimum absolute atomic E-state index is 0.153. The molecule has 0 heterocycles. The van der Waals surface area contributed by atoms with Crippen LogP contribution in [0.2, 0.25) is 0 Å². The van der Waals surface area contributed by atoms with E-state index < -0.39 is 0 Å². The molecule has 84 valence electrons. The van der Waals surface area contributed by atoms with Crippen molar-refractivity contribution in [2.24, 2.45) is 5.41 Å². The van der Waals surface area contributed by atoms with Crippen molar-refractivity contribution in [3.63, 3.8) is 0 Å². The molecule has 0 saturated heterocycles. The SMILES string of the molecule is CCCC(C)(C)C(C)c1ccc(F)cc1. The van der Waals surface area contributed by atoms with E-state index in [-0.39, 0.29) is 11.2 Å². The first kappa shape index (κ1) is 12.2. The first-order valence-corrected chi connectivity index (χ1v) is 5.73. The van der Waals surface area contributed by atoms with Gasteiger partial charge in [-0.05, 0) is 35.4 Å². The van der Waals surface area contributed by atoms with E-state index >= 15 is 0 Å². The third-order valence-corrected chi connectivity index (χ3v) is 3.44. The van der Waals surface area contributed by atoms with Gasteiger partial charge in [-0.15, -0.1) is 0 Å². The number of rotatable bonds is 4. The van der Waals surface area contributed by atoms with Gasteiger partial charge in [-0.2, -0.15) is 0 Å². The van der Waals surface area contributed by atoms with Gasteiger partial charge in [-0.25, -0.2) is 4.39 Å². The van der Waals surface area contributed by atoms with Gasteiger partial charge >= 0.3 is 0 Å². The lowest BCUT2D eigenvalue weighted by molar-refractivity contribution is 0.273. The van der Waals surface area contributed by atoms with Crippen LogP contribution < -0.4 is 0 Å². The van der Waals surface area contributed by atoms with Crippen LogP contribution in [0, 0.1) is 11.2 Å². The van der Waals surface area contributed by atoms with Crippen LogP contribution >= 0.6 is 0 Å². The van der Waals surface area contributed by atoms with E-state index in [1.165, 1.54) is 18.4 Å². The van der Waals surface area contributed by atoms with E-state index in [0.29, 0.717) is 5.92 Å². The summed E-state index contributed by atoms with van der Waals surface area (Å²) in [5.41, 5.74) is 1.52. The second-order valence-corrected chi connectivity index (χ2v) is 5.01. The summed E-state index contributed by atoms with van der Waals surface area (Å²) < 4.78 is 12.8. The maximum atomic E-state index is 12.8. The van der Waals surface area contributed by atoms with Gasteiger partial charge in [-0.3, -0.25) is 0 Å². The first-order valence-electron chi connectivity index (χ1n) is 5.73. The molecular weight excluding hydrogens is 187 g/mol. The second-order valence-electron chi connectivity index (χ2n) is 5.01. The molecule has 1 heteroatoms. The molecule has 0 bridgehead atoms. The molecule has 1 unspecified atom stereocenters. The Morgan fingerprint density at radius 2 is 1.73 bits per heavy atom. The highest BCUT2D eigenvalue weighted by Crippen LogP contribution is 2.38. The van der Waals surface area contributed by atoms with Crippen LogP contribution in [0.3, 0.4) is 0 Å². The van der Waals surface area contributed by atoms with Crippen LogP contribution in [-0.2, 0) is 0 Å². The van der Waals surface area contributed by atoms with Crippen molar-refractivity contribution in [3.05, 3.63) is 35.6 Å². The third-order valence-electron chi connectivity index (χ3n) is 3.44. The smallest absolute Gasteiger partial charge is 0.123 e. The van der Waals surface area contributed by atoms with E-state index in [4.69, 9.17) is 0 Å². The average Bonchev–Trinajstić information content (AvgIpc) is 2.18. The van der Waals surface area contributed by atoms with E-state index in [2.05, 4.69) is 27.7 Å². The molecule has 0 aliphatic carbocycles. The zero-order chi connectivity index (χ0) is 11.5. The van der Waals surface area contributed by atoms with Gasteiger partial charge < -0.3 is 0 Å². The van der Waals surface area contributed by atoms with Crippen LogP contribution in [-0.4, -0.2) is 0 Å². The van der Waals surface area contributed by atoms with Crippen LogP contribution in [0.25, 0.3) is 0 Å². The summed E-state index contributed by atoms with van der Waals surface area (Å²) in [5, 5.41) is 0. The molecule has 0 aromatic heterocycles. The van der Waals surface area contributed by atoms with Gasteiger partial charge in [-0.1, -0.05) is 46.2 Å². The predicted molar refractivity (Wildman–Crippen MR) is 63.5 cm³/mol. The normalized spacial score (nSPS) is 13.9. The van der Waals surface area contributed by atoms with Crippen LogP contribution in [0.4, 0.5) is 4.39 Å². The quantitative estimate of drug-likeness (QED) is 0.669. The van der Waals surface area contributed by atoms with E-state index in [1.54, 1.807) is 12.1 Å². The standard InChI is InChI=1S/C14H21F/c1-5-10-14(3,4)11(2)12-6-8-13(15)9-7-12/h6-9,11H,5,10H2,1-4H3. The Morgan fingerprint density at radius 1 is 1.20 bits per heavy atom. The number of benzene rings is 1. The molecule has 0 aliphatic heterocycles. The Bertz CT molecular complexity index is 298. The summed E-state index contributed by atoms with van der Waals surface area (Å²) in [6.07, 6.45) is 2.39.